The van der Waals surface area contributed by atoms with Crippen molar-refractivity contribution >= 4 is 16.9 Å². The minimum Gasteiger partial charge on any atom is -0.339 e. The van der Waals surface area contributed by atoms with Gasteiger partial charge >= 0.3 is 0 Å². The molecule has 5 nitrogen and oxygen atoms in total. The number of benzene rings is 1. The number of imidazole rings is 1. The van der Waals surface area contributed by atoms with Crippen LogP contribution in [0.5, 0.6) is 0 Å². The molecule has 3 heterocycles. The van der Waals surface area contributed by atoms with E-state index in [2.05, 4.69) is 15.5 Å². The molecule has 1 amide bonds. The molecular formula is C21H28N4O. The van der Waals surface area contributed by atoms with Gasteiger partial charge in [0.1, 0.15) is 5.82 Å². The summed E-state index contributed by atoms with van der Waals surface area (Å²) in [6, 6.07) is 6.93. The van der Waals surface area contributed by atoms with Crippen molar-refractivity contribution in [3.63, 3.8) is 0 Å². The van der Waals surface area contributed by atoms with Crippen LogP contribution in [0.25, 0.3) is 11.0 Å². The molecule has 1 aliphatic carbocycles. The Morgan fingerprint density at radius 3 is 2.58 bits per heavy atom. The van der Waals surface area contributed by atoms with Crippen molar-refractivity contribution in [2.75, 3.05) is 26.2 Å². The maximum Gasteiger partial charge on any atom is 0.253 e. The zero-order chi connectivity index (χ0) is 17.5. The first-order valence-corrected chi connectivity index (χ1v) is 10.3. The van der Waals surface area contributed by atoms with E-state index < -0.39 is 0 Å². The van der Waals surface area contributed by atoms with Crippen LogP contribution in [0.2, 0.25) is 0 Å². The third-order valence-electron chi connectivity index (χ3n) is 6.54. The molecule has 1 aromatic carbocycles. The van der Waals surface area contributed by atoms with E-state index in [0.29, 0.717) is 0 Å². The molecule has 5 heteroatoms. The van der Waals surface area contributed by atoms with Crippen LogP contribution in [-0.2, 0) is 13.0 Å². The van der Waals surface area contributed by atoms with Gasteiger partial charge in [-0.25, -0.2) is 4.98 Å². The predicted molar refractivity (Wildman–Crippen MR) is 102 cm³/mol. The van der Waals surface area contributed by atoms with Crippen molar-refractivity contribution in [3.8, 4) is 0 Å². The average Bonchev–Trinajstić information content (AvgIpc) is 2.86. The summed E-state index contributed by atoms with van der Waals surface area (Å²) in [5, 5.41) is 0. The maximum atomic E-state index is 12.8. The summed E-state index contributed by atoms with van der Waals surface area (Å²) < 4.78 is 2.38. The van der Waals surface area contributed by atoms with Crippen molar-refractivity contribution in [1.29, 1.82) is 0 Å². The lowest BCUT2D eigenvalue weighted by Gasteiger charge is -2.36. The fourth-order valence-electron chi connectivity index (χ4n) is 4.73. The SMILES string of the molecule is O=C(c1ccc2c(c1)nc1n2CCN(C2CCC2)CC1)N1CCCCC1. The number of rotatable bonds is 2. The first-order valence-electron chi connectivity index (χ1n) is 10.3. The molecule has 26 heavy (non-hydrogen) atoms. The van der Waals surface area contributed by atoms with Crippen molar-refractivity contribution in [3.05, 3.63) is 29.6 Å². The Labute approximate surface area is 155 Å². The summed E-state index contributed by atoms with van der Waals surface area (Å²) in [5.41, 5.74) is 2.97. The number of likely N-dealkylation sites (tertiary alicyclic amines) is 1. The van der Waals surface area contributed by atoms with Crippen LogP contribution in [0.4, 0.5) is 0 Å². The van der Waals surface area contributed by atoms with Gasteiger partial charge in [-0.3, -0.25) is 9.69 Å². The van der Waals surface area contributed by atoms with Gasteiger partial charge in [0.15, 0.2) is 0 Å². The Balaban J connectivity index is 1.39. The van der Waals surface area contributed by atoms with Gasteiger partial charge in [-0.2, -0.15) is 0 Å². The van der Waals surface area contributed by atoms with E-state index in [-0.39, 0.29) is 5.91 Å². The highest BCUT2D eigenvalue weighted by atomic mass is 16.2. The van der Waals surface area contributed by atoms with Crippen molar-refractivity contribution < 1.29 is 4.79 Å². The number of hydrogen-bond donors (Lipinski definition) is 0. The van der Waals surface area contributed by atoms with E-state index in [9.17, 15) is 4.79 Å². The van der Waals surface area contributed by atoms with E-state index in [4.69, 9.17) is 4.98 Å². The van der Waals surface area contributed by atoms with Gasteiger partial charge in [-0.05, 0) is 50.3 Å². The Bertz CT molecular complexity index is 817. The minimum absolute atomic E-state index is 0.172. The molecule has 2 aliphatic heterocycles. The van der Waals surface area contributed by atoms with E-state index in [1.54, 1.807) is 0 Å². The fourth-order valence-corrected chi connectivity index (χ4v) is 4.73. The molecule has 3 aliphatic rings. The normalized spacial score (nSPS) is 22.1. The van der Waals surface area contributed by atoms with E-state index >= 15 is 0 Å². The van der Waals surface area contributed by atoms with Crippen molar-refractivity contribution in [1.82, 2.24) is 19.4 Å². The zero-order valence-corrected chi connectivity index (χ0v) is 15.5. The monoisotopic (exact) mass is 352 g/mol. The molecule has 2 aromatic rings. The van der Waals surface area contributed by atoms with E-state index in [1.165, 1.54) is 37.0 Å². The molecular weight excluding hydrogens is 324 g/mol. The molecule has 1 saturated carbocycles. The van der Waals surface area contributed by atoms with Gasteiger partial charge in [0.25, 0.3) is 5.91 Å². The summed E-state index contributed by atoms with van der Waals surface area (Å²) in [4.78, 5) is 22.3. The predicted octanol–water partition coefficient (Wildman–Crippen LogP) is 3.07. The lowest BCUT2D eigenvalue weighted by molar-refractivity contribution is 0.0724. The standard InChI is InChI=1S/C21H28N4O/c26-21(24-10-2-1-3-11-24)16-7-8-19-18(15-16)22-20-9-12-23(13-14-25(19)20)17-5-4-6-17/h7-8,15,17H,1-6,9-14H2. The number of nitrogens with zero attached hydrogens (tertiary/aromatic N) is 4. The fraction of sp³-hybridized carbons (Fsp3) is 0.619. The summed E-state index contributed by atoms with van der Waals surface area (Å²) >= 11 is 0. The number of aromatic nitrogens is 2. The second-order valence-electron chi connectivity index (χ2n) is 8.11. The first-order chi connectivity index (χ1) is 12.8. The van der Waals surface area contributed by atoms with Gasteiger partial charge in [0.05, 0.1) is 11.0 Å². The molecule has 2 fully saturated rings. The maximum absolute atomic E-state index is 12.8. The van der Waals surface area contributed by atoms with Crippen LogP contribution in [0.15, 0.2) is 18.2 Å². The second kappa shape index (κ2) is 6.69. The van der Waals surface area contributed by atoms with Gasteiger partial charge < -0.3 is 9.47 Å². The Kier molecular flexibility index (Phi) is 4.20. The molecule has 1 aromatic heterocycles. The number of piperidine rings is 1. The zero-order valence-electron chi connectivity index (χ0n) is 15.5. The van der Waals surface area contributed by atoms with Crippen LogP contribution in [0, 0.1) is 0 Å². The summed E-state index contributed by atoms with van der Waals surface area (Å²) in [6.45, 7) is 5.05. The van der Waals surface area contributed by atoms with Gasteiger partial charge in [0, 0.05) is 50.7 Å². The number of amides is 1. The van der Waals surface area contributed by atoms with Crippen LogP contribution in [0.3, 0.4) is 0 Å². The van der Waals surface area contributed by atoms with Crippen LogP contribution in [-0.4, -0.2) is 57.5 Å². The Hall–Kier alpha value is -1.88. The number of carbonyl (C=O) groups excluding carboxylic acids is 1. The van der Waals surface area contributed by atoms with Crippen LogP contribution >= 0.6 is 0 Å². The van der Waals surface area contributed by atoms with E-state index in [1.807, 2.05) is 17.0 Å². The highest BCUT2D eigenvalue weighted by molar-refractivity contribution is 5.97. The molecule has 0 bridgehead atoms. The molecule has 0 radical (unpaired) electrons. The van der Waals surface area contributed by atoms with E-state index in [0.717, 1.165) is 69.1 Å². The lowest BCUT2D eigenvalue weighted by Crippen LogP contribution is -2.41. The first kappa shape index (κ1) is 16.3. The second-order valence-corrected chi connectivity index (χ2v) is 8.11. The average molecular weight is 352 g/mol. The van der Waals surface area contributed by atoms with Crippen molar-refractivity contribution in [2.45, 2.75) is 57.5 Å². The number of fused-ring (bicyclic) bond motifs is 3. The number of hydrogen-bond acceptors (Lipinski definition) is 3. The molecule has 1 saturated heterocycles. The topological polar surface area (TPSA) is 41.4 Å². The molecule has 0 spiro atoms. The van der Waals surface area contributed by atoms with Gasteiger partial charge in [-0.1, -0.05) is 6.42 Å². The third kappa shape index (κ3) is 2.82. The smallest absolute Gasteiger partial charge is 0.253 e. The lowest BCUT2D eigenvalue weighted by atomic mass is 9.91. The Morgan fingerprint density at radius 1 is 0.962 bits per heavy atom. The molecule has 0 N–H and O–H groups in total. The highest BCUT2D eigenvalue weighted by Crippen LogP contribution is 2.27. The third-order valence-corrected chi connectivity index (χ3v) is 6.54. The summed E-state index contributed by atoms with van der Waals surface area (Å²) in [5.74, 6) is 1.36. The van der Waals surface area contributed by atoms with Gasteiger partial charge in [-0.15, -0.1) is 0 Å². The van der Waals surface area contributed by atoms with Crippen LogP contribution < -0.4 is 0 Å². The largest absolute Gasteiger partial charge is 0.339 e. The van der Waals surface area contributed by atoms with Crippen LogP contribution in [0.1, 0.15) is 54.7 Å². The summed E-state index contributed by atoms with van der Waals surface area (Å²) in [7, 11) is 0. The highest BCUT2D eigenvalue weighted by Gasteiger charge is 2.27. The van der Waals surface area contributed by atoms with Crippen molar-refractivity contribution in [2.24, 2.45) is 0 Å². The molecule has 138 valence electrons. The summed E-state index contributed by atoms with van der Waals surface area (Å²) in [6.07, 6.45) is 8.64. The quantitative estimate of drug-likeness (QED) is 0.834. The Morgan fingerprint density at radius 2 is 1.81 bits per heavy atom. The molecule has 0 unspecified atom stereocenters. The molecule has 5 rings (SSSR count). The number of carbonyl (C=O) groups is 1. The molecule has 0 atom stereocenters. The van der Waals surface area contributed by atoms with Gasteiger partial charge in [0.2, 0.25) is 0 Å². The minimum atomic E-state index is 0.172.